The van der Waals surface area contributed by atoms with Crippen LogP contribution in [0, 0.1) is 0 Å². The molecule has 3 aromatic rings. The quantitative estimate of drug-likeness (QED) is 0.520. The van der Waals surface area contributed by atoms with E-state index in [-0.39, 0.29) is 6.42 Å². The second kappa shape index (κ2) is 8.19. The van der Waals surface area contributed by atoms with E-state index in [4.69, 9.17) is 9.84 Å². The Hall–Kier alpha value is -3.02. The van der Waals surface area contributed by atoms with E-state index in [0.29, 0.717) is 13.0 Å². The number of aryl methyl sites for hydroxylation is 1. The predicted molar refractivity (Wildman–Crippen MR) is 97.1 cm³/mol. The van der Waals surface area contributed by atoms with Gasteiger partial charge in [0, 0.05) is 36.3 Å². The number of fused-ring (bicyclic) bond motifs is 1. The monoisotopic (exact) mass is 339 g/mol. The molecule has 0 unspecified atom stereocenters. The van der Waals surface area contributed by atoms with E-state index in [9.17, 15) is 4.79 Å². The average molecular weight is 339 g/mol. The third-order valence-corrected chi connectivity index (χ3v) is 3.91. The lowest BCUT2D eigenvalue weighted by atomic mass is 10.1. The van der Waals surface area contributed by atoms with E-state index in [1.54, 1.807) is 6.20 Å². The molecule has 3 rings (SSSR count). The lowest BCUT2D eigenvalue weighted by Crippen LogP contribution is -2.08. The van der Waals surface area contributed by atoms with Crippen LogP contribution in [0.4, 0.5) is 5.82 Å². The summed E-state index contributed by atoms with van der Waals surface area (Å²) in [6.45, 7) is 1.38. The molecule has 6 nitrogen and oxygen atoms in total. The summed E-state index contributed by atoms with van der Waals surface area (Å²) < 4.78 is 5.81. The predicted octanol–water partition coefficient (Wildman–Crippen LogP) is 3.46. The summed E-state index contributed by atoms with van der Waals surface area (Å²) in [6, 6.07) is 11.6. The van der Waals surface area contributed by atoms with Crippen LogP contribution in [0.2, 0.25) is 0 Å². The molecule has 0 radical (unpaired) electrons. The molecular formula is C19H21N3O3. The highest BCUT2D eigenvalue weighted by atomic mass is 16.5. The Balaban J connectivity index is 1.51. The van der Waals surface area contributed by atoms with Gasteiger partial charge in [0.2, 0.25) is 0 Å². The van der Waals surface area contributed by atoms with Gasteiger partial charge >= 0.3 is 5.97 Å². The van der Waals surface area contributed by atoms with Crippen molar-refractivity contribution in [3.8, 4) is 5.75 Å². The molecule has 0 atom stereocenters. The Morgan fingerprint density at radius 3 is 3.00 bits per heavy atom. The molecule has 0 amide bonds. The second-order valence-electron chi connectivity index (χ2n) is 5.76. The van der Waals surface area contributed by atoms with E-state index >= 15 is 0 Å². The topological polar surface area (TPSA) is 87.2 Å². The molecule has 25 heavy (non-hydrogen) atoms. The van der Waals surface area contributed by atoms with Crippen molar-refractivity contribution in [2.24, 2.45) is 0 Å². The first kappa shape index (κ1) is 16.8. The second-order valence-corrected chi connectivity index (χ2v) is 5.76. The SMILES string of the molecule is O=C(O)CCc1c[nH]c2ccc(OCCCNc3ccccn3)cc12. The van der Waals surface area contributed by atoms with Gasteiger partial charge in [0.1, 0.15) is 11.6 Å². The molecule has 2 heterocycles. The molecule has 0 fully saturated rings. The van der Waals surface area contributed by atoms with E-state index in [1.165, 1.54) is 0 Å². The fourth-order valence-corrected chi connectivity index (χ4v) is 2.64. The van der Waals surface area contributed by atoms with Crippen molar-refractivity contribution in [1.82, 2.24) is 9.97 Å². The summed E-state index contributed by atoms with van der Waals surface area (Å²) in [6.07, 6.45) is 5.11. The van der Waals surface area contributed by atoms with Crippen LogP contribution in [-0.4, -0.2) is 34.2 Å². The highest BCUT2D eigenvalue weighted by Gasteiger charge is 2.07. The Kier molecular flexibility index (Phi) is 5.51. The van der Waals surface area contributed by atoms with Gasteiger partial charge in [-0.2, -0.15) is 0 Å². The highest BCUT2D eigenvalue weighted by Crippen LogP contribution is 2.24. The zero-order valence-electron chi connectivity index (χ0n) is 13.9. The number of anilines is 1. The van der Waals surface area contributed by atoms with Gasteiger partial charge in [0.25, 0.3) is 0 Å². The Morgan fingerprint density at radius 1 is 1.28 bits per heavy atom. The van der Waals surface area contributed by atoms with E-state index in [2.05, 4.69) is 15.3 Å². The number of hydrogen-bond acceptors (Lipinski definition) is 4. The van der Waals surface area contributed by atoms with Crippen LogP contribution in [-0.2, 0) is 11.2 Å². The van der Waals surface area contributed by atoms with Crippen molar-refractivity contribution in [2.45, 2.75) is 19.3 Å². The maximum atomic E-state index is 10.8. The van der Waals surface area contributed by atoms with Crippen molar-refractivity contribution >= 4 is 22.7 Å². The summed E-state index contributed by atoms with van der Waals surface area (Å²) in [5.41, 5.74) is 1.99. The van der Waals surface area contributed by atoms with Gasteiger partial charge in [0.05, 0.1) is 6.61 Å². The van der Waals surface area contributed by atoms with E-state index in [1.807, 2.05) is 42.6 Å². The van der Waals surface area contributed by atoms with Crippen molar-refractivity contribution in [2.75, 3.05) is 18.5 Å². The molecule has 0 aliphatic rings. The van der Waals surface area contributed by atoms with Crippen molar-refractivity contribution in [3.63, 3.8) is 0 Å². The van der Waals surface area contributed by atoms with Crippen LogP contribution >= 0.6 is 0 Å². The Bertz CT molecular complexity index is 830. The van der Waals surface area contributed by atoms with Crippen molar-refractivity contribution < 1.29 is 14.6 Å². The van der Waals surface area contributed by atoms with Gasteiger partial charge < -0.3 is 20.1 Å². The van der Waals surface area contributed by atoms with Gasteiger partial charge in [-0.15, -0.1) is 0 Å². The molecule has 2 aromatic heterocycles. The maximum Gasteiger partial charge on any atom is 0.303 e. The number of aromatic amines is 1. The summed E-state index contributed by atoms with van der Waals surface area (Å²) >= 11 is 0. The number of rotatable bonds is 9. The molecule has 0 spiro atoms. The maximum absolute atomic E-state index is 10.8. The number of nitrogens with one attached hydrogen (secondary N) is 2. The molecule has 0 saturated carbocycles. The molecular weight excluding hydrogens is 318 g/mol. The molecule has 0 aliphatic heterocycles. The number of pyridine rings is 1. The molecule has 0 saturated heterocycles. The van der Waals surface area contributed by atoms with Crippen LogP contribution in [0.1, 0.15) is 18.4 Å². The number of H-pyrrole nitrogens is 1. The number of carboxylic acids is 1. The minimum atomic E-state index is -0.790. The summed E-state index contributed by atoms with van der Waals surface area (Å²) in [5.74, 6) is 0.864. The van der Waals surface area contributed by atoms with Gasteiger partial charge in [0.15, 0.2) is 0 Å². The standard InChI is InChI=1S/C19H21N3O3/c23-19(24)8-5-14-13-22-17-7-6-15(12-16(14)17)25-11-3-10-21-18-4-1-2-9-20-18/h1-2,4,6-7,9,12-13,22H,3,5,8,10-11H2,(H,20,21)(H,23,24). The number of ether oxygens (including phenoxy) is 1. The Labute approximate surface area is 145 Å². The van der Waals surface area contributed by atoms with Crippen LogP contribution in [0.15, 0.2) is 48.8 Å². The number of benzene rings is 1. The zero-order chi connectivity index (χ0) is 17.5. The first-order chi connectivity index (χ1) is 12.2. The molecule has 130 valence electrons. The van der Waals surface area contributed by atoms with Gasteiger partial charge in [-0.25, -0.2) is 4.98 Å². The van der Waals surface area contributed by atoms with E-state index in [0.717, 1.165) is 41.0 Å². The van der Waals surface area contributed by atoms with Crippen LogP contribution in [0.5, 0.6) is 5.75 Å². The third-order valence-electron chi connectivity index (χ3n) is 3.91. The lowest BCUT2D eigenvalue weighted by molar-refractivity contribution is -0.136. The summed E-state index contributed by atoms with van der Waals surface area (Å²) in [7, 11) is 0. The van der Waals surface area contributed by atoms with Gasteiger partial charge in [-0.1, -0.05) is 6.07 Å². The van der Waals surface area contributed by atoms with E-state index < -0.39 is 5.97 Å². The molecule has 3 N–H and O–H groups in total. The number of aromatic nitrogens is 2. The number of carbonyl (C=O) groups is 1. The molecule has 1 aromatic carbocycles. The lowest BCUT2D eigenvalue weighted by Gasteiger charge is -2.08. The van der Waals surface area contributed by atoms with Crippen LogP contribution < -0.4 is 10.1 Å². The first-order valence-electron chi connectivity index (χ1n) is 8.32. The minimum Gasteiger partial charge on any atom is -0.494 e. The number of hydrogen-bond donors (Lipinski definition) is 3. The highest BCUT2D eigenvalue weighted by molar-refractivity contribution is 5.85. The van der Waals surface area contributed by atoms with Crippen molar-refractivity contribution in [1.29, 1.82) is 0 Å². The Morgan fingerprint density at radius 2 is 2.20 bits per heavy atom. The summed E-state index contributed by atoms with van der Waals surface area (Å²) in [4.78, 5) is 18.1. The molecule has 0 aliphatic carbocycles. The largest absolute Gasteiger partial charge is 0.494 e. The number of carboxylic acid groups (broad SMARTS) is 1. The fraction of sp³-hybridized carbons (Fsp3) is 0.263. The minimum absolute atomic E-state index is 0.122. The zero-order valence-corrected chi connectivity index (χ0v) is 13.9. The van der Waals surface area contributed by atoms with Gasteiger partial charge in [-0.05, 0) is 48.7 Å². The summed E-state index contributed by atoms with van der Waals surface area (Å²) in [5, 5.41) is 13.1. The van der Waals surface area contributed by atoms with Crippen molar-refractivity contribution in [3.05, 3.63) is 54.4 Å². The van der Waals surface area contributed by atoms with Crippen LogP contribution in [0.25, 0.3) is 10.9 Å². The number of aliphatic carboxylic acids is 1. The first-order valence-corrected chi connectivity index (χ1v) is 8.32. The molecule has 0 bridgehead atoms. The fourth-order valence-electron chi connectivity index (χ4n) is 2.64. The van der Waals surface area contributed by atoms with Crippen LogP contribution in [0.3, 0.4) is 0 Å². The smallest absolute Gasteiger partial charge is 0.303 e. The normalized spacial score (nSPS) is 10.7. The average Bonchev–Trinajstić information content (AvgIpc) is 3.03. The molecule has 6 heteroatoms. The third kappa shape index (κ3) is 4.73. The van der Waals surface area contributed by atoms with Gasteiger partial charge in [-0.3, -0.25) is 4.79 Å². The number of nitrogens with zero attached hydrogens (tertiary/aromatic N) is 1.